The first-order valence-corrected chi connectivity index (χ1v) is 11.0. The molecule has 0 aliphatic rings. The summed E-state index contributed by atoms with van der Waals surface area (Å²) in [6.07, 6.45) is 0. The van der Waals surface area contributed by atoms with Crippen molar-refractivity contribution in [1.82, 2.24) is 25.0 Å². The molecule has 3 aromatic rings. The van der Waals surface area contributed by atoms with Crippen LogP contribution in [0.5, 0.6) is 5.75 Å². The topological polar surface area (TPSA) is 94.8 Å². The van der Waals surface area contributed by atoms with Crippen molar-refractivity contribution in [2.24, 2.45) is 0 Å². The van der Waals surface area contributed by atoms with E-state index in [4.69, 9.17) is 4.74 Å². The second-order valence-corrected chi connectivity index (χ2v) is 9.07. The Balaban J connectivity index is 1.65. The Bertz CT molecular complexity index is 1000. The van der Waals surface area contributed by atoms with E-state index in [1.165, 1.54) is 23.1 Å². The summed E-state index contributed by atoms with van der Waals surface area (Å²) in [6, 6.07) is 6.11. The van der Waals surface area contributed by atoms with Crippen LogP contribution in [-0.2, 0) is 17.9 Å². The molecule has 1 unspecified atom stereocenters. The summed E-state index contributed by atoms with van der Waals surface area (Å²) in [6.45, 7) is 10.7. The average Bonchev–Trinajstić information content (AvgIpc) is 3.27. The Morgan fingerprint density at radius 1 is 1.24 bits per heavy atom. The first-order chi connectivity index (χ1) is 13.9. The maximum atomic E-state index is 12.4. The molecule has 2 aromatic heterocycles. The number of nitrogens with one attached hydrogen (secondary N) is 1. The van der Waals surface area contributed by atoms with E-state index < -0.39 is 0 Å². The lowest BCUT2D eigenvalue weighted by Crippen LogP contribution is -2.23. The van der Waals surface area contributed by atoms with Gasteiger partial charge < -0.3 is 9.30 Å². The molecule has 1 aromatic carbocycles. The van der Waals surface area contributed by atoms with E-state index in [0.29, 0.717) is 23.4 Å². The Kier molecular flexibility index (Phi) is 6.86. The summed E-state index contributed by atoms with van der Waals surface area (Å²) in [5.41, 5.74) is 2.22. The smallest absolute Gasteiger partial charge is 0.239 e. The van der Waals surface area contributed by atoms with E-state index in [1.54, 1.807) is 0 Å². The average molecular weight is 433 g/mol. The number of carbonyl (C=O) groups is 1. The molecule has 0 fully saturated rings. The van der Waals surface area contributed by atoms with E-state index in [0.717, 1.165) is 27.7 Å². The van der Waals surface area contributed by atoms with Crippen molar-refractivity contribution in [3.8, 4) is 5.75 Å². The highest BCUT2D eigenvalue weighted by Crippen LogP contribution is 2.25. The number of aromatic nitrogens is 5. The van der Waals surface area contributed by atoms with Crippen molar-refractivity contribution >= 4 is 34.1 Å². The number of rotatable bonds is 8. The molecule has 0 saturated carbocycles. The number of benzene rings is 1. The third kappa shape index (κ3) is 5.33. The molecule has 154 valence electrons. The summed E-state index contributed by atoms with van der Waals surface area (Å²) >= 11 is 2.70. The Morgan fingerprint density at radius 3 is 2.72 bits per heavy atom. The van der Waals surface area contributed by atoms with E-state index in [2.05, 4.69) is 31.8 Å². The van der Waals surface area contributed by atoms with Gasteiger partial charge in [0, 0.05) is 6.54 Å². The molecule has 10 heteroatoms. The van der Waals surface area contributed by atoms with Crippen LogP contribution in [0.2, 0.25) is 0 Å². The minimum absolute atomic E-state index is 0.148. The van der Waals surface area contributed by atoms with Gasteiger partial charge in [-0.25, -0.2) is 0 Å². The molecule has 1 atom stereocenters. The fourth-order valence-corrected chi connectivity index (χ4v) is 4.13. The minimum Gasteiger partial charge on any atom is -0.485 e. The van der Waals surface area contributed by atoms with Crippen molar-refractivity contribution < 1.29 is 9.53 Å². The predicted octanol–water partition coefficient (Wildman–Crippen LogP) is 3.77. The molecule has 3 rings (SSSR count). The van der Waals surface area contributed by atoms with Crippen LogP contribution in [0.3, 0.4) is 0 Å². The third-order valence-electron chi connectivity index (χ3n) is 4.22. The third-order valence-corrected chi connectivity index (χ3v) is 6.05. The summed E-state index contributed by atoms with van der Waals surface area (Å²) in [5.74, 6) is 1.42. The SMILES string of the molecule is CCn1c(COc2cc(C)ccc2C)nnc1SC(C)C(=O)Nc1nnc(C)s1. The zero-order chi connectivity index (χ0) is 21.0. The highest BCUT2D eigenvalue weighted by molar-refractivity contribution is 8.00. The van der Waals surface area contributed by atoms with E-state index in [-0.39, 0.29) is 11.2 Å². The largest absolute Gasteiger partial charge is 0.485 e. The summed E-state index contributed by atoms with van der Waals surface area (Å²) in [5, 5.41) is 20.8. The van der Waals surface area contributed by atoms with Gasteiger partial charge in [-0.05, 0) is 51.8 Å². The molecule has 29 heavy (non-hydrogen) atoms. The molecule has 0 bridgehead atoms. The Morgan fingerprint density at radius 2 is 2.03 bits per heavy atom. The first kappa shape index (κ1) is 21.3. The van der Waals surface area contributed by atoms with Crippen LogP contribution in [0.4, 0.5) is 5.13 Å². The standard InChI is InChI=1S/C19H24N6O2S2/c1-6-25-16(10-27-15-9-11(2)7-8-12(15)3)22-24-19(25)28-13(4)17(26)20-18-23-21-14(5)29-18/h7-9,13H,6,10H2,1-5H3,(H,20,23,26). The molecular formula is C19H24N6O2S2. The van der Waals surface area contributed by atoms with E-state index in [1.807, 2.05) is 51.3 Å². The van der Waals surface area contributed by atoms with Gasteiger partial charge in [0.15, 0.2) is 11.0 Å². The van der Waals surface area contributed by atoms with Gasteiger partial charge in [-0.1, -0.05) is 35.2 Å². The van der Waals surface area contributed by atoms with Crippen LogP contribution < -0.4 is 10.1 Å². The molecule has 0 spiro atoms. The van der Waals surface area contributed by atoms with Gasteiger partial charge in [-0.2, -0.15) is 0 Å². The Labute approximate surface area is 178 Å². The van der Waals surface area contributed by atoms with Crippen LogP contribution in [-0.4, -0.2) is 36.1 Å². The minimum atomic E-state index is -0.360. The van der Waals surface area contributed by atoms with Gasteiger partial charge in [-0.3, -0.25) is 10.1 Å². The Hall–Kier alpha value is -2.46. The fraction of sp³-hybridized carbons (Fsp3) is 0.421. The number of amides is 1. The second-order valence-electron chi connectivity index (χ2n) is 6.58. The van der Waals surface area contributed by atoms with Crippen molar-refractivity contribution in [3.63, 3.8) is 0 Å². The van der Waals surface area contributed by atoms with Crippen LogP contribution in [0.25, 0.3) is 0 Å². The zero-order valence-electron chi connectivity index (χ0n) is 17.1. The zero-order valence-corrected chi connectivity index (χ0v) is 18.7. The highest BCUT2D eigenvalue weighted by atomic mass is 32.2. The lowest BCUT2D eigenvalue weighted by atomic mass is 10.1. The van der Waals surface area contributed by atoms with Gasteiger partial charge in [0.1, 0.15) is 17.4 Å². The van der Waals surface area contributed by atoms with Gasteiger partial charge in [-0.15, -0.1) is 20.4 Å². The number of anilines is 1. The predicted molar refractivity (Wildman–Crippen MR) is 115 cm³/mol. The van der Waals surface area contributed by atoms with Crippen LogP contribution in [0.1, 0.15) is 35.8 Å². The van der Waals surface area contributed by atoms with Crippen molar-refractivity contribution in [3.05, 3.63) is 40.2 Å². The molecule has 1 amide bonds. The van der Waals surface area contributed by atoms with Crippen LogP contribution in [0.15, 0.2) is 23.4 Å². The summed E-state index contributed by atoms with van der Waals surface area (Å²) in [4.78, 5) is 12.4. The van der Waals surface area contributed by atoms with Gasteiger partial charge in [0.25, 0.3) is 0 Å². The van der Waals surface area contributed by atoms with Crippen LogP contribution in [0, 0.1) is 20.8 Å². The molecule has 2 heterocycles. The number of thioether (sulfide) groups is 1. The normalized spacial score (nSPS) is 12.0. The molecule has 0 radical (unpaired) electrons. The van der Waals surface area contributed by atoms with E-state index >= 15 is 0 Å². The number of nitrogens with zero attached hydrogens (tertiary/aromatic N) is 5. The molecule has 0 aliphatic heterocycles. The van der Waals surface area contributed by atoms with Gasteiger partial charge >= 0.3 is 0 Å². The van der Waals surface area contributed by atoms with Crippen molar-refractivity contribution in [2.45, 2.75) is 58.2 Å². The highest BCUT2D eigenvalue weighted by Gasteiger charge is 2.21. The second kappa shape index (κ2) is 9.36. The van der Waals surface area contributed by atoms with E-state index in [9.17, 15) is 4.79 Å². The number of aryl methyl sites for hydroxylation is 3. The fourth-order valence-electron chi connectivity index (χ4n) is 2.60. The first-order valence-electron chi connectivity index (χ1n) is 9.27. The van der Waals surface area contributed by atoms with Gasteiger partial charge in [0.05, 0.1) is 5.25 Å². The van der Waals surface area contributed by atoms with Crippen molar-refractivity contribution in [1.29, 1.82) is 0 Å². The van der Waals surface area contributed by atoms with Crippen LogP contribution >= 0.6 is 23.1 Å². The quantitative estimate of drug-likeness (QED) is 0.541. The monoisotopic (exact) mass is 432 g/mol. The lowest BCUT2D eigenvalue weighted by Gasteiger charge is -2.13. The molecule has 8 nitrogen and oxygen atoms in total. The molecule has 1 N–H and O–H groups in total. The summed E-state index contributed by atoms with van der Waals surface area (Å²) < 4.78 is 7.93. The molecule has 0 aliphatic carbocycles. The summed E-state index contributed by atoms with van der Waals surface area (Å²) in [7, 11) is 0. The van der Waals surface area contributed by atoms with Crippen molar-refractivity contribution in [2.75, 3.05) is 5.32 Å². The maximum absolute atomic E-state index is 12.4. The maximum Gasteiger partial charge on any atom is 0.239 e. The number of carbonyl (C=O) groups excluding carboxylic acids is 1. The lowest BCUT2D eigenvalue weighted by molar-refractivity contribution is -0.115. The number of hydrogen-bond donors (Lipinski definition) is 1. The molecular weight excluding hydrogens is 408 g/mol. The molecule has 0 saturated heterocycles. The number of ether oxygens (including phenoxy) is 1. The van der Waals surface area contributed by atoms with Gasteiger partial charge in [0.2, 0.25) is 11.0 Å². The number of hydrogen-bond acceptors (Lipinski definition) is 8.